The van der Waals surface area contributed by atoms with E-state index in [1.54, 1.807) is 17.9 Å². The van der Waals surface area contributed by atoms with Crippen molar-refractivity contribution in [2.75, 3.05) is 19.7 Å². The molecule has 0 bridgehead atoms. The van der Waals surface area contributed by atoms with Crippen LogP contribution in [0.2, 0.25) is 0 Å². The van der Waals surface area contributed by atoms with Crippen molar-refractivity contribution in [2.45, 2.75) is 25.5 Å². The summed E-state index contributed by atoms with van der Waals surface area (Å²) < 4.78 is 10.4. The molecule has 1 N–H and O–H groups in total. The standard InChI is InChI=1S/C12H15N3O4/c1-7-4-10(19-14-7)12(17)15-3-2-9-8(5-15)13-11(16)6-18-9/h4,8-9H,2-3,5-6H2,1H3,(H,13,16)/t8-,9+/m0/s1. The molecule has 2 fully saturated rings. The Balaban J connectivity index is 1.70. The van der Waals surface area contributed by atoms with Gasteiger partial charge in [-0.05, 0) is 13.3 Å². The van der Waals surface area contributed by atoms with E-state index in [4.69, 9.17) is 9.26 Å². The van der Waals surface area contributed by atoms with Crippen LogP contribution in [0.1, 0.15) is 22.7 Å². The second kappa shape index (κ2) is 4.65. The van der Waals surface area contributed by atoms with Crippen LogP contribution in [0.5, 0.6) is 0 Å². The highest BCUT2D eigenvalue weighted by molar-refractivity contribution is 5.91. The van der Waals surface area contributed by atoms with Gasteiger partial charge in [0.2, 0.25) is 11.7 Å². The van der Waals surface area contributed by atoms with Crippen LogP contribution in [0.3, 0.4) is 0 Å². The second-order valence-electron chi connectivity index (χ2n) is 4.90. The molecule has 0 unspecified atom stereocenters. The van der Waals surface area contributed by atoms with Crippen LogP contribution in [0, 0.1) is 6.92 Å². The van der Waals surface area contributed by atoms with Gasteiger partial charge in [0.1, 0.15) is 6.61 Å². The molecule has 0 spiro atoms. The van der Waals surface area contributed by atoms with Gasteiger partial charge in [0.05, 0.1) is 17.8 Å². The highest BCUT2D eigenvalue weighted by Gasteiger charge is 2.37. The average Bonchev–Trinajstić information content (AvgIpc) is 2.83. The van der Waals surface area contributed by atoms with Crippen LogP contribution < -0.4 is 5.32 Å². The zero-order valence-electron chi connectivity index (χ0n) is 10.6. The van der Waals surface area contributed by atoms with Crippen molar-refractivity contribution >= 4 is 11.8 Å². The van der Waals surface area contributed by atoms with E-state index in [1.165, 1.54) is 0 Å². The van der Waals surface area contributed by atoms with Gasteiger partial charge in [-0.3, -0.25) is 9.59 Å². The molecule has 1 aromatic heterocycles. The Labute approximate surface area is 109 Å². The topological polar surface area (TPSA) is 84.7 Å². The fraction of sp³-hybridized carbons (Fsp3) is 0.583. The maximum Gasteiger partial charge on any atom is 0.292 e. The molecule has 2 aliphatic rings. The quantitative estimate of drug-likeness (QED) is 0.754. The minimum absolute atomic E-state index is 0.00166. The Morgan fingerprint density at radius 3 is 3.16 bits per heavy atom. The summed E-state index contributed by atoms with van der Waals surface area (Å²) in [6.45, 7) is 2.91. The molecular formula is C12H15N3O4. The van der Waals surface area contributed by atoms with E-state index in [2.05, 4.69) is 10.5 Å². The molecule has 2 aliphatic heterocycles. The van der Waals surface area contributed by atoms with E-state index in [9.17, 15) is 9.59 Å². The predicted octanol–water partition coefficient (Wildman–Crippen LogP) is -0.287. The third-order valence-corrected chi connectivity index (χ3v) is 3.45. The molecule has 0 aromatic carbocycles. The maximum absolute atomic E-state index is 12.2. The second-order valence-corrected chi connectivity index (χ2v) is 4.90. The van der Waals surface area contributed by atoms with Crippen molar-refractivity contribution in [1.29, 1.82) is 0 Å². The van der Waals surface area contributed by atoms with Gasteiger partial charge >= 0.3 is 0 Å². The van der Waals surface area contributed by atoms with Crippen molar-refractivity contribution < 1.29 is 18.8 Å². The number of carbonyl (C=O) groups excluding carboxylic acids is 2. The number of nitrogens with zero attached hydrogens (tertiary/aromatic N) is 2. The van der Waals surface area contributed by atoms with Gasteiger partial charge in [-0.1, -0.05) is 5.16 Å². The van der Waals surface area contributed by atoms with Gasteiger partial charge in [-0.25, -0.2) is 0 Å². The highest BCUT2D eigenvalue weighted by Crippen LogP contribution is 2.19. The first-order chi connectivity index (χ1) is 9.13. The van der Waals surface area contributed by atoms with Crippen molar-refractivity contribution in [3.63, 3.8) is 0 Å². The minimum atomic E-state index is -0.195. The minimum Gasteiger partial charge on any atom is -0.366 e. The highest BCUT2D eigenvalue weighted by atomic mass is 16.5. The van der Waals surface area contributed by atoms with Gasteiger partial charge < -0.3 is 19.5 Å². The number of nitrogens with one attached hydrogen (secondary N) is 1. The number of carbonyl (C=O) groups is 2. The van der Waals surface area contributed by atoms with Crippen molar-refractivity contribution in [2.24, 2.45) is 0 Å². The molecule has 102 valence electrons. The number of likely N-dealkylation sites (tertiary alicyclic amines) is 1. The fourth-order valence-electron chi connectivity index (χ4n) is 2.50. The summed E-state index contributed by atoms with van der Waals surface area (Å²) >= 11 is 0. The number of ether oxygens (including phenoxy) is 1. The molecule has 0 aliphatic carbocycles. The van der Waals surface area contributed by atoms with Gasteiger partial charge in [0.25, 0.3) is 5.91 Å². The summed E-state index contributed by atoms with van der Waals surface area (Å²) in [5.41, 5.74) is 0.674. The molecular weight excluding hydrogens is 250 g/mol. The van der Waals surface area contributed by atoms with Crippen molar-refractivity contribution in [3.05, 3.63) is 17.5 Å². The van der Waals surface area contributed by atoms with Crippen molar-refractivity contribution in [1.82, 2.24) is 15.4 Å². The number of piperidine rings is 1. The van der Waals surface area contributed by atoms with Crippen molar-refractivity contribution in [3.8, 4) is 0 Å². The smallest absolute Gasteiger partial charge is 0.292 e. The molecule has 7 nitrogen and oxygen atoms in total. The molecule has 2 amide bonds. The number of hydrogen-bond acceptors (Lipinski definition) is 5. The molecule has 3 heterocycles. The van der Waals surface area contributed by atoms with E-state index in [0.717, 1.165) is 0 Å². The lowest BCUT2D eigenvalue weighted by atomic mass is 10.0. The molecule has 0 saturated carbocycles. The van der Waals surface area contributed by atoms with Gasteiger partial charge in [-0.15, -0.1) is 0 Å². The van der Waals surface area contributed by atoms with Crippen LogP contribution in [-0.4, -0.2) is 53.7 Å². The lowest BCUT2D eigenvalue weighted by Crippen LogP contribution is -2.61. The number of morpholine rings is 1. The molecule has 2 saturated heterocycles. The van der Waals surface area contributed by atoms with Gasteiger partial charge in [-0.2, -0.15) is 0 Å². The first kappa shape index (κ1) is 12.2. The molecule has 2 atom stereocenters. The van der Waals surface area contributed by atoms with E-state index < -0.39 is 0 Å². The number of amides is 2. The SMILES string of the molecule is Cc1cc(C(=O)N2CC[C@H]3OCC(=O)N[C@H]3C2)on1. The Morgan fingerprint density at radius 2 is 2.42 bits per heavy atom. The average molecular weight is 265 g/mol. The van der Waals surface area contributed by atoms with Crippen LogP contribution in [0.15, 0.2) is 10.6 Å². The number of rotatable bonds is 1. The van der Waals surface area contributed by atoms with E-state index in [0.29, 0.717) is 25.2 Å². The van der Waals surface area contributed by atoms with E-state index in [1.807, 2.05) is 0 Å². The summed E-state index contributed by atoms with van der Waals surface area (Å²) in [6.07, 6.45) is 0.710. The number of aryl methyl sites for hydroxylation is 1. The Kier molecular flexibility index (Phi) is 2.98. The zero-order valence-corrected chi connectivity index (χ0v) is 10.6. The van der Waals surface area contributed by atoms with Gasteiger partial charge in [0, 0.05) is 19.2 Å². The zero-order chi connectivity index (χ0) is 13.4. The maximum atomic E-state index is 12.2. The van der Waals surface area contributed by atoms with E-state index >= 15 is 0 Å². The van der Waals surface area contributed by atoms with Crippen LogP contribution >= 0.6 is 0 Å². The number of aromatic nitrogens is 1. The first-order valence-corrected chi connectivity index (χ1v) is 6.27. The summed E-state index contributed by atoms with van der Waals surface area (Å²) in [5, 5.41) is 6.56. The summed E-state index contributed by atoms with van der Waals surface area (Å²) in [6, 6.07) is 1.48. The third-order valence-electron chi connectivity index (χ3n) is 3.45. The number of hydrogen-bond donors (Lipinski definition) is 1. The Morgan fingerprint density at radius 1 is 1.58 bits per heavy atom. The Bertz CT molecular complexity index is 513. The predicted molar refractivity (Wildman–Crippen MR) is 63.4 cm³/mol. The third kappa shape index (κ3) is 2.33. The van der Waals surface area contributed by atoms with Crippen LogP contribution in [0.25, 0.3) is 0 Å². The summed E-state index contributed by atoms with van der Waals surface area (Å²) in [5.74, 6) is -0.0936. The fourth-order valence-corrected chi connectivity index (χ4v) is 2.50. The van der Waals surface area contributed by atoms with E-state index in [-0.39, 0.29) is 36.3 Å². The lowest BCUT2D eigenvalue weighted by Gasteiger charge is -2.40. The first-order valence-electron chi connectivity index (χ1n) is 6.27. The number of fused-ring (bicyclic) bond motifs is 1. The molecule has 7 heteroatoms. The largest absolute Gasteiger partial charge is 0.366 e. The molecule has 19 heavy (non-hydrogen) atoms. The van der Waals surface area contributed by atoms with Crippen LogP contribution in [-0.2, 0) is 9.53 Å². The summed E-state index contributed by atoms with van der Waals surface area (Å²) in [7, 11) is 0. The normalized spacial score (nSPS) is 26.8. The molecule has 1 aromatic rings. The van der Waals surface area contributed by atoms with Crippen LogP contribution in [0.4, 0.5) is 0 Å². The Hall–Kier alpha value is -1.89. The summed E-state index contributed by atoms with van der Waals surface area (Å²) in [4.78, 5) is 25.2. The van der Waals surface area contributed by atoms with Gasteiger partial charge in [0.15, 0.2) is 0 Å². The molecule has 0 radical (unpaired) electrons. The lowest BCUT2D eigenvalue weighted by molar-refractivity contribution is -0.139. The molecule has 3 rings (SSSR count). The monoisotopic (exact) mass is 265 g/mol.